The van der Waals surface area contributed by atoms with Crippen LogP contribution in [0.5, 0.6) is 0 Å². The molecule has 0 aromatic carbocycles. The van der Waals surface area contributed by atoms with Crippen molar-refractivity contribution in [1.82, 2.24) is 20.6 Å². The van der Waals surface area contributed by atoms with E-state index in [2.05, 4.69) is 27.5 Å². The van der Waals surface area contributed by atoms with Gasteiger partial charge in [-0.15, -0.1) is 5.10 Å². The second kappa shape index (κ2) is 9.85. The van der Waals surface area contributed by atoms with Gasteiger partial charge in [0.15, 0.2) is 0 Å². The predicted octanol–water partition coefficient (Wildman–Crippen LogP) is 2.89. The van der Waals surface area contributed by atoms with E-state index in [0.717, 1.165) is 12.8 Å². The molecule has 0 fully saturated rings. The molecule has 0 bridgehead atoms. The molecule has 0 radical (unpaired) electrons. The lowest BCUT2D eigenvalue weighted by Gasteiger charge is -2.02. The maximum Gasteiger partial charge on any atom is 0.288 e. The van der Waals surface area contributed by atoms with Crippen LogP contribution < -0.4 is 0 Å². The number of unbranched alkanes of at least 4 members (excludes halogenated alkanes) is 9. The van der Waals surface area contributed by atoms with Crippen molar-refractivity contribution in [2.24, 2.45) is 0 Å². The first-order valence-corrected chi connectivity index (χ1v) is 9.28. The van der Waals surface area contributed by atoms with Crippen LogP contribution in [0.15, 0.2) is 5.16 Å². The third-order valence-corrected chi connectivity index (χ3v) is 4.93. The van der Waals surface area contributed by atoms with Gasteiger partial charge in [0.2, 0.25) is 9.84 Å². The fourth-order valence-corrected chi connectivity index (χ4v) is 3.27. The first-order chi connectivity index (χ1) is 9.67. The van der Waals surface area contributed by atoms with Crippen molar-refractivity contribution in [3.05, 3.63) is 0 Å². The first-order valence-electron chi connectivity index (χ1n) is 7.63. The van der Waals surface area contributed by atoms with Crippen LogP contribution in [0.3, 0.4) is 0 Å². The highest BCUT2D eigenvalue weighted by Crippen LogP contribution is 2.12. The molecule has 1 N–H and O–H groups in total. The molecule has 0 saturated carbocycles. The summed E-state index contributed by atoms with van der Waals surface area (Å²) in [6, 6.07) is 0. The van der Waals surface area contributed by atoms with Crippen molar-refractivity contribution < 1.29 is 8.42 Å². The fraction of sp³-hybridized carbons (Fsp3) is 0.923. The Morgan fingerprint density at radius 3 is 1.95 bits per heavy atom. The Hall–Kier alpha value is -0.980. The van der Waals surface area contributed by atoms with Gasteiger partial charge in [-0.1, -0.05) is 69.8 Å². The highest BCUT2D eigenvalue weighted by atomic mass is 32.2. The van der Waals surface area contributed by atoms with E-state index < -0.39 is 9.84 Å². The minimum atomic E-state index is -3.34. The maximum absolute atomic E-state index is 11.7. The fourth-order valence-electron chi connectivity index (χ4n) is 2.16. The summed E-state index contributed by atoms with van der Waals surface area (Å²) in [6.07, 6.45) is 11.8. The second-order valence-corrected chi connectivity index (χ2v) is 7.20. The van der Waals surface area contributed by atoms with Gasteiger partial charge in [0, 0.05) is 0 Å². The molecule has 0 aliphatic rings. The molecule has 0 unspecified atom stereocenters. The number of aromatic amines is 1. The van der Waals surface area contributed by atoms with E-state index in [1.807, 2.05) is 0 Å². The number of nitrogens with zero attached hydrogens (tertiary/aromatic N) is 3. The number of sulfone groups is 1. The zero-order chi connectivity index (χ0) is 14.7. The summed E-state index contributed by atoms with van der Waals surface area (Å²) in [7, 11) is -3.34. The summed E-state index contributed by atoms with van der Waals surface area (Å²) in [5, 5.41) is 12.3. The molecule has 6 nitrogen and oxygen atoms in total. The molecule has 0 saturated heterocycles. The summed E-state index contributed by atoms with van der Waals surface area (Å²) >= 11 is 0. The Labute approximate surface area is 121 Å². The van der Waals surface area contributed by atoms with Crippen molar-refractivity contribution in [2.75, 3.05) is 5.75 Å². The molecule has 0 amide bonds. The van der Waals surface area contributed by atoms with Gasteiger partial charge in [0.1, 0.15) is 0 Å². The number of tetrazole rings is 1. The van der Waals surface area contributed by atoms with E-state index in [1.54, 1.807) is 0 Å². The Morgan fingerprint density at radius 2 is 1.45 bits per heavy atom. The van der Waals surface area contributed by atoms with Crippen molar-refractivity contribution in [2.45, 2.75) is 76.3 Å². The minimum Gasteiger partial charge on any atom is -0.220 e. The first kappa shape index (κ1) is 17.1. The minimum absolute atomic E-state index is 0.114. The van der Waals surface area contributed by atoms with Crippen molar-refractivity contribution in [3.63, 3.8) is 0 Å². The monoisotopic (exact) mass is 302 g/mol. The molecular weight excluding hydrogens is 276 g/mol. The third-order valence-electron chi connectivity index (χ3n) is 3.37. The van der Waals surface area contributed by atoms with Crippen molar-refractivity contribution in [3.8, 4) is 0 Å². The molecule has 0 aliphatic heterocycles. The Bertz CT molecular complexity index is 431. The van der Waals surface area contributed by atoms with E-state index in [0.29, 0.717) is 6.42 Å². The molecule has 1 rings (SSSR count). The van der Waals surface area contributed by atoms with Crippen LogP contribution in [0.1, 0.15) is 71.1 Å². The smallest absolute Gasteiger partial charge is 0.220 e. The number of aromatic nitrogens is 4. The largest absolute Gasteiger partial charge is 0.288 e. The molecule has 7 heteroatoms. The van der Waals surface area contributed by atoms with Gasteiger partial charge in [0.25, 0.3) is 5.16 Å². The number of nitrogens with one attached hydrogen (secondary N) is 1. The van der Waals surface area contributed by atoms with Gasteiger partial charge in [-0.25, -0.2) is 8.42 Å². The molecule has 1 aromatic heterocycles. The predicted molar refractivity (Wildman–Crippen MR) is 78.1 cm³/mol. The van der Waals surface area contributed by atoms with Crippen molar-refractivity contribution in [1.29, 1.82) is 0 Å². The Kier molecular flexibility index (Phi) is 8.41. The van der Waals surface area contributed by atoms with E-state index in [1.165, 1.54) is 44.9 Å². The normalized spacial score (nSPS) is 11.8. The highest BCUT2D eigenvalue weighted by molar-refractivity contribution is 7.91. The van der Waals surface area contributed by atoms with Crippen molar-refractivity contribution >= 4 is 9.84 Å². The standard InChI is InChI=1S/C13H26N4O2S/c1-2-3-4-5-6-7-8-9-10-11-12-20(18,19)13-14-16-17-15-13/h2-12H2,1H3,(H,14,15,16,17). The summed E-state index contributed by atoms with van der Waals surface area (Å²) in [5.74, 6) is 0.114. The number of H-pyrrole nitrogens is 1. The van der Waals surface area contributed by atoms with Crippen LogP contribution in [0.25, 0.3) is 0 Å². The van der Waals surface area contributed by atoms with E-state index >= 15 is 0 Å². The van der Waals surface area contributed by atoms with E-state index in [9.17, 15) is 8.42 Å². The van der Waals surface area contributed by atoms with Gasteiger partial charge in [-0.3, -0.25) is 0 Å². The number of hydrogen-bond acceptors (Lipinski definition) is 5. The lowest BCUT2D eigenvalue weighted by atomic mass is 10.1. The van der Waals surface area contributed by atoms with Gasteiger partial charge >= 0.3 is 0 Å². The molecule has 20 heavy (non-hydrogen) atoms. The third kappa shape index (κ3) is 6.98. The molecule has 1 heterocycles. The zero-order valence-electron chi connectivity index (χ0n) is 12.3. The lowest BCUT2D eigenvalue weighted by Crippen LogP contribution is -2.08. The number of rotatable bonds is 12. The summed E-state index contributed by atoms with van der Waals surface area (Å²) in [4.78, 5) is 0. The van der Waals surface area contributed by atoms with Crippen LogP contribution in [0.2, 0.25) is 0 Å². The van der Waals surface area contributed by atoms with Crippen LogP contribution >= 0.6 is 0 Å². The highest BCUT2D eigenvalue weighted by Gasteiger charge is 2.18. The van der Waals surface area contributed by atoms with Crippen LogP contribution in [-0.2, 0) is 9.84 Å². The van der Waals surface area contributed by atoms with Crippen LogP contribution in [-0.4, -0.2) is 34.8 Å². The van der Waals surface area contributed by atoms with Gasteiger partial charge in [-0.2, -0.15) is 5.21 Å². The zero-order valence-corrected chi connectivity index (χ0v) is 13.2. The Balaban J connectivity index is 1.97. The molecular formula is C13H26N4O2S. The summed E-state index contributed by atoms with van der Waals surface area (Å²) < 4.78 is 23.5. The summed E-state index contributed by atoms with van der Waals surface area (Å²) in [6.45, 7) is 2.22. The SMILES string of the molecule is CCCCCCCCCCCCS(=O)(=O)c1nn[nH]n1. The average Bonchev–Trinajstić information content (AvgIpc) is 2.96. The topological polar surface area (TPSA) is 88.6 Å². The molecule has 116 valence electrons. The average molecular weight is 302 g/mol. The van der Waals surface area contributed by atoms with E-state index in [4.69, 9.17) is 0 Å². The van der Waals surface area contributed by atoms with Crippen LogP contribution in [0, 0.1) is 0 Å². The van der Waals surface area contributed by atoms with Crippen LogP contribution in [0.4, 0.5) is 0 Å². The Morgan fingerprint density at radius 1 is 0.900 bits per heavy atom. The van der Waals surface area contributed by atoms with Gasteiger partial charge < -0.3 is 0 Å². The lowest BCUT2D eigenvalue weighted by molar-refractivity contribution is 0.556. The maximum atomic E-state index is 11.7. The van der Waals surface area contributed by atoms with Gasteiger partial charge in [0.05, 0.1) is 5.75 Å². The molecule has 0 aliphatic carbocycles. The number of hydrogen-bond donors (Lipinski definition) is 1. The van der Waals surface area contributed by atoms with E-state index in [-0.39, 0.29) is 10.9 Å². The van der Waals surface area contributed by atoms with Gasteiger partial charge in [-0.05, 0) is 11.6 Å². The quantitative estimate of drug-likeness (QED) is 0.600. The second-order valence-electron chi connectivity index (χ2n) is 5.20. The molecule has 1 aromatic rings. The summed E-state index contributed by atoms with van der Waals surface area (Å²) in [5.41, 5.74) is 0. The molecule has 0 spiro atoms. The molecule has 0 atom stereocenters.